The van der Waals surface area contributed by atoms with Crippen LogP contribution in [-0.4, -0.2) is 35.3 Å². The minimum Gasteiger partial charge on any atom is -0.394 e. The molecule has 0 saturated carbocycles. The number of aliphatic imine (C=N–C) groups is 1. The Morgan fingerprint density at radius 2 is 1.91 bits per heavy atom. The van der Waals surface area contributed by atoms with Gasteiger partial charge in [0.15, 0.2) is 0 Å². The summed E-state index contributed by atoms with van der Waals surface area (Å²) in [5.41, 5.74) is 5.58. The molecular formula is C20H19F6N5O3. The van der Waals surface area contributed by atoms with Crippen molar-refractivity contribution in [2.24, 2.45) is 10.7 Å². The number of alkyl halides is 5. The van der Waals surface area contributed by atoms with Crippen molar-refractivity contribution in [1.29, 1.82) is 0 Å². The van der Waals surface area contributed by atoms with Gasteiger partial charge in [0, 0.05) is 23.0 Å². The summed E-state index contributed by atoms with van der Waals surface area (Å²) in [6.45, 7) is 1.36. The molecule has 2 unspecified atom stereocenters. The number of amidine groups is 1. The lowest BCUT2D eigenvalue weighted by atomic mass is 9.89. The van der Waals surface area contributed by atoms with Crippen molar-refractivity contribution in [3.8, 4) is 5.88 Å². The third-order valence-corrected chi connectivity index (χ3v) is 5.17. The van der Waals surface area contributed by atoms with E-state index in [0.717, 1.165) is 30.5 Å². The van der Waals surface area contributed by atoms with Gasteiger partial charge < -0.3 is 20.9 Å². The molecule has 2 atom stereocenters. The number of nitrogen functional groups attached to an aromatic ring is 1. The van der Waals surface area contributed by atoms with E-state index in [-0.39, 0.29) is 16.9 Å². The number of ether oxygens (including phenoxy) is 2. The molecule has 0 spiro atoms. The van der Waals surface area contributed by atoms with Crippen LogP contribution in [0.5, 0.6) is 5.88 Å². The number of carbonyl (C=O) groups is 1. The van der Waals surface area contributed by atoms with Crippen molar-refractivity contribution in [2.75, 3.05) is 17.7 Å². The Labute approximate surface area is 188 Å². The Balaban J connectivity index is 1.83. The fourth-order valence-corrected chi connectivity index (χ4v) is 3.07. The second-order valence-electron chi connectivity index (χ2n) is 7.76. The number of nitrogens with two attached hydrogens (primary N) is 2. The molecule has 0 radical (unpaired) electrons. The molecule has 1 aromatic carbocycles. The summed E-state index contributed by atoms with van der Waals surface area (Å²) in [4.78, 5) is 19.6. The molecule has 2 heterocycles. The standard InChI is InChI=1S/C20H19F6N5O3/c1-18(8-33-19(2,16(28)31-18)20(24,25)26)11-6-10(3-4-12(11)21)30-17(32)34-15-13(27)5-9(7-29-15)14(22)23/h3-7,14H,8,27H2,1-2H3,(H2,28,31)(H,30,32). The number of aromatic nitrogens is 1. The van der Waals surface area contributed by atoms with Gasteiger partial charge in [-0.15, -0.1) is 0 Å². The van der Waals surface area contributed by atoms with Crippen LogP contribution in [0, 0.1) is 5.82 Å². The van der Waals surface area contributed by atoms with E-state index < -0.39 is 59.5 Å². The van der Waals surface area contributed by atoms with E-state index in [9.17, 15) is 31.1 Å². The number of nitrogens with one attached hydrogen (secondary N) is 1. The van der Waals surface area contributed by atoms with Gasteiger partial charge in [-0.05, 0) is 38.1 Å². The molecule has 1 aliphatic rings. The van der Waals surface area contributed by atoms with Crippen LogP contribution < -0.4 is 21.5 Å². The first-order valence-corrected chi connectivity index (χ1v) is 9.55. The molecule has 0 fully saturated rings. The Morgan fingerprint density at radius 1 is 1.24 bits per heavy atom. The summed E-state index contributed by atoms with van der Waals surface area (Å²) in [5, 5.41) is 2.26. The molecule has 0 saturated heterocycles. The van der Waals surface area contributed by atoms with Gasteiger partial charge in [-0.25, -0.2) is 22.9 Å². The maximum Gasteiger partial charge on any atom is 0.424 e. The van der Waals surface area contributed by atoms with E-state index in [4.69, 9.17) is 20.9 Å². The lowest BCUT2D eigenvalue weighted by molar-refractivity contribution is -0.249. The lowest BCUT2D eigenvalue weighted by Gasteiger charge is -2.41. The predicted molar refractivity (Wildman–Crippen MR) is 109 cm³/mol. The molecular weight excluding hydrogens is 472 g/mol. The summed E-state index contributed by atoms with van der Waals surface area (Å²) < 4.78 is 89.7. The van der Waals surface area contributed by atoms with Gasteiger partial charge in [0.2, 0.25) is 11.5 Å². The van der Waals surface area contributed by atoms with Gasteiger partial charge in [-0.3, -0.25) is 10.3 Å². The zero-order valence-electron chi connectivity index (χ0n) is 17.7. The van der Waals surface area contributed by atoms with Crippen molar-refractivity contribution in [3.05, 3.63) is 47.4 Å². The number of rotatable bonds is 4. The number of hydrogen-bond donors (Lipinski definition) is 3. The minimum absolute atomic E-state index is 0.0247. The first-order chi connectivity index (χ1) is 15.7. The lowest BCUT2D eigenvalue weighted by Crippen LogP contribution is -2.60. The van der Waals surface area contributed by atoms with Crippen molar-refractivity contribution in [1.82, 2.24) is 4.98 Å². The number of anilines is 2. The van der Waals surface area contributed by atoms with E-state index >= 15 is 0 Å². The van der Waals surface area contributed by atoms with E-state index in [1.807, 2.05) is 0 Å². The van der Waals surface area contributed by atoms with E-state index in [1.54, 1.807) is 0 Å². The van der Waals surface area contributed by atoms with Crippen LogP contribution in [0.15, 0.2) is 35.5 Å². The smallest absolute Gasteiger partial charge is 0.394 e. The van der Waals surface area contributed by atoms with Gasteiger partial charge in [0.05, 0.1) is 12.3 Å². The molecule has 2 aromatic rings. The molecule has 1 amide bonds. The second kappa shape index (κ2) is 8.66. The number of carbonyl (C=O) groups excluding carboxylic acids is 1. The Bertz CT molecular complexity index is 1140. The van der Waals surface area contributed by atoms with Gasteiger partial charge in [0.25, 0.3) is 6.43 Å². The van der Waals surface area contributed by atoms with E-state index in [0.29, 0.717) is 6.92 Å². The molecule has 0 bridgehead atoms. The SMILES string of the molecule is CC1(c2cc(NC(=O)Oc3ncc(C(F)F)cc3N)ccc2F)COC(C)(C(F)(F)F)C(N)=N1. The number of pyridine rings is 1. The number of hydrogen-bond acceptors (Lipinski definition) is 7. The third-order valence-electron chi connectivity index (χ3n) is 5.17. The normalized spacial score (nSPS) is 22.9. The Kier molecular flexibility index (Phi) is 6.39. The predicted octanol–water partition coefficient (Wildman–Crippen LogP) is 4.28. The quantitative estimate of drug-likeness (QED) is 0.549. The molecule has 1 aliphatic heterocycles. The summed E-state index contributed by atoms with van der Waals surface area (Å²) in [6.07, 6.45) is -8.04. The molecule has 8 nitrogen and oxygen atoms in total. The number of benzene rings is 1. The van der Waals surface area contributed by atoms with Crippen LogP contribution >= 0.6 is 0 Å². The highest BCUT2D eigenvalue weighted by Gasteiger charge is 2.59. The van der Waals surface area contributed by atoms with Crippen molar-refractivity contribution < 1.29 is 40.6 Å². The average Bonchev–Trinajstić information content (AvgIpc) is 2.73. The highest BCUT2D eigenvalue weighted by atomic mass is 19.4. The fourth-order valence-electron chi connectivity index (χ4n) is 3.07. The topological polar surface area (TPSA) is 125 Å². The van der Waals surface area contributed by atoms with Crippen LogP contribution in [-0.2, 0) is 10.3 Å². The molecule has 14 heteroatoms. The molecule has 5 N–H and O–H groups in total. The molecule has 34 heavy (non-hydrogen) atoms. The minimum atomic E-state index is -4.85. The highest BCUT2D eigenvalue weighted by Crippen LogP contribution is 2.41. The maximum absolute atomic E-state index is 14.6. The number of nitrogens with zero attached hydrogens (tertiary/aromatic N) is 2. The zero-order chi connectivity index (χ0) is 25.5. The maximum atomic E-state index is 14.6. The molecule has 0 aliphatic carbocycles. The summed E-state index contributed by atoms with van der Waals surface area (Å²) in [7, 11) is 0. The largest absolute Gasteiger partial charge is 0.424 e. The summed E-state index contributed by atoms with van der Waals surface area (Å²) >= 11 is 0. The van der Waals surface area contributed by atoms with Crippen molar-refractivity contribution in [2.45, 2.75) is 37.6 Å². The highest BCUT2D eigenvalue weighted by molar-refractivity contribution is 5.91. The van der Waals surface area contributed by atoms with Gasteiger partial charge in [-0.1, -0.05) is 0 Å². The average molecular weight is 491 g/mol. The zero-order valence-corrected chi connectivity index (χ0v) is 17.7. The van der Waals surface area contributed by atoms with E-state index in [1.165, 1.54) is 6.92 Å². The number of amides is 1. The van der Waals surface area contributed by atoms with Crippen LogP contribution in [0.25, 0.3) is 0 Å². The second-order valence-corrected chi connectivity index (χ2v) is 7.76. The molecule has 3 rings (SSSR count). The third kappa shape index (κ3) is 4.71. The molecule has 184 valence electrons. The molecule has 1 aromatic heterocycles. The number of halogens is 6. The van der Waals surface area contributed by atoms with Gasteiger partial charge in [0.1, 0.15) is 17.2 Å². The van der Waals surface area contributed by atoms with Crippen LogP contribution in [0.4, 0.5) is 42.5 Å². The Morgan fingerprint density at radius 3 is 2.47 bits per heavy atom. The van der Waals surface area contributed by atoms with Crippen molar-refractivity contribution in [3.63, 3.8) is 0 Å². The van der Waals surface area contributed by atoms with Crippen LogP contribution in [0.2, 0.25) is 0 Å². The Hall–Kier alpha value is -3.55. The van der Waals surface area contributed by atoms with Crippen LogP contribution in [0.1, 0.15) is 31.4 Å². The van der Waals surface area contributed by atoms with E-state index in [2.05, 4.69) is 15.3 Å². The fraction of sp³-hybridized carbons (Fsp3) is 0.350. The van der Waals surface area contributed by atoms with Gasteiger partial charge >= 0.3 is 12.3 Å². The van der Waals surface area contributed by atoms with Crippen molar-refractivity contribution >= 4 is 23.3 Å². The first kappa shape index (κ1) is 25.1. The first-order valence-electron chi connectivity index (χ1n) is 9.55. The van der Waals surface area contributed by atoms with Gasteiger partial charge in [-0.2, -0.15) is 13.2 Å². The summed E-state index contributed by atoms with van der Waals surface area (Å²) in [5.74, 6) is -2.17. The monoisotopic (exact) mass is 491 g/mol. The summed E-state index contributed by atoms with van der Waals surface area (Å²) in [6, 6.07) is 4.10. The van der Waals surface area contributed by atoms with Crippen LogP contribution in [0.3, 0.4) is 0 Å².